The molecule has 15 heavy (non-hydrogen) atoms. The van der Waals surface area contributed by atoms with Crippen LogP contribution < -0.4 is 5.32 Å². The average Bonchev–Trinajstić information content (AvgIpc) is 2.41. The molecule has 1 aromatic carbocycles. The number of carbonyl (C=O) groups is 2. The van der Waals surface area contributed by atoms with E-state index in [0.29, 0.717) is 0 Å². The van der Waals surface area contributed by atoms with Gasteiger partial charge in [-0.1, -0.05) is 11.6 Å². The Morgan fingerprint density at radius 3 is 2.27 bits per heavy atom. The van der Waals surface area contributed by atoms with Gasteiger partial charge in [0.2, 0.25) is 0 Å². The van der Waals surface area contributed by atoms with E-state index in [1.54, 1.807) is 0 Å². The lowest BCUT2D eigenvalue weighted by Gasteiger charge is -1.97. The third-order valence-electron chi connectivity index (χ3n) is 1.95. The van der Waals surface area contributed by atoms with E-state index in [-0.39, 0.29) is 16.1 Å². The van der Waals surface area contributed by atoms with Crippen molar-refractivity contribution in [2.24, 2.45) is 0 Å². The van der Waals surface area contributed by atoms with Crippen molar-refractivity contribution in [3.8, 4) is 0 Å². The zero-order chi connectivity index (χ0) is 11.2. The maximum atomic E-state index is 11.1. The predicted octanol–water partition coefficient (Wildman–Crippen LogP) is 1.15. The second-order valence-electron chi connectivity index (χ2n) is 2.83. The first kappa shape index (κ1) is 9.60. The summed E-state index contributed by atoms with van der Waals surface area (Å²) in [6, 6.07) is 2.06. The first-order chi connectivity index (χ1) is 7.00. The molecular formula is C8H2ClN2O4. The number of hydrogen-bond donors (Lipinski definition) is 0. The zero-order valence-corrected chi connectivity index (χ0v) is 7.82. The molecule has 0 saturated heterocycles. The zero-order valence-electron chi connectivity index (χ0n) is 7.06. The van der Waals surface area contributed by atoms with E-state index < -0.39 is 22.4 Å². The second-order valence-corrected chi connectivity index (χ2v) is 3.24. The number of fused-ring (bicyclic) bond motifs is 1. The number of nitro groups is 1. The standard InChI is InChI=1S/C8H2ClN2O4/c9-5-1-3-4(2-6(5)11(14)15)8(13)10-7(3)12/h1-2H. The minimum absolute atomic E-state index is 0.00981. The molecule has 0 spiro atoms. The van der Waals surface area contributed by atoms with Crippen molar-refractivity contribution in [2.45, 2.75) is 0 Å². The number of nitrogens with zero attached hydrogens (tertiary/aromatic N) is 2. The number of benzene rings is 1. The van der Waals surface area contributed by atoms with E-state index in [9.17, 15) is 19.7 Å². The molecule has 0 saturated carbocycles. The molecular weight excluding hydrogens is 224 g/mol. The van der Waals surface area contributed by atoms with Crippen molar-refractivity contribution in [1.82, 2.24) is 5.32 Å². The Bertz CT molecular complexity index is 512. The molecule has 0 bridgehead atoms. The highest BCUT2D eigenvalue weighted by Gasteiger charge is 2.32. The number of carbonyl (C=O) groups excluding carboxylic acids is 2. The Hall–Kier alpha value is -1.95. The lowest BCUT2D eigenvalue weighted by Crippen LogP contribution is -2.10. The smallest absolute Gasteiger partial charge is 0.267 e. The van der Waals surface area contributed by atoms with Crippen molar-refractivity contribution in [3.63, 3.8) is 0 Å². The minimum Gasteiger partial charge on any atom is -0.267 e. The molecule has 1 radical (unpaired) electrons. The summed E-state index contributed by atoms with van der Waals surface area (Å²) in [5.74, 6) is -1.48. The number of imide groups is 1. The fraction of sp³-hybridized carbons (Fsp3) is 0. The van der Waals surface area contributed by atoms with Gasteiger partial charge in [0, 0.05) is 6.07 Å². The molecule has 1 aliphatic rings. The maximum Gasteiger partial charge on any atom is 0.288 e. The summed E-state index contributed by atoms with van der Waals surface area (Å²) in [7, 11) is 0. The molecule has 1 aromatic rings. The fourth-order valence-electron chi connectivity index (χ4n) is 1.27. The highest BCUT2D eigenvalue weighted by Crippen LogP contribution is 2.30. The van der Waals surface area contributed by atoms with Crippen LogP contribution in [0.3, 0.4) is 0 Å². The van der Waals surface area contributed by atoms with Gasteiger partial charge >= 0.3 is 0 Å². The number of halogens is 1. The first-order valence-corrected chi connectivity index (χ1v) is 4.17. The Balaban J connectivity index is 2.70. The molecule has 7 heteroatoms. The van der Waals surface area contributed by atoms with E-state index in [1.165, 1.54) is 0 Å². The highest BCUT2D eigenvalue weighted by molar-refractivity contribution is 6.34. The van der Waals surface area contributed by atoms with Crippen LogP contribution >= 0.6 is 11.6 Å². The molecule has 6 nitrogen and oxygen atoms in total. The van der Waals surface area contributed by atoms with Gasteiger partial charge in [0.05, 0.1) is 16.1 Å². The van der Waals surface area contributed by atoms with Gasteiger partial charge in [-0.3, -0.25) is 19.7 Å². The molecule has 0 fully saturated rings. The van der Waals surface area contributed by atoms with E-state index in [1.807, 2.05) is 0 Å². The summed E-state index contributed by atoms with van der Waals surface area (Å²) >= 11 is 5.57. The van der Waals surface area contributed by atoms with Crippen molar-refractivity contribution >= 4 is 29.1 Å². The van der Waals surface area contributed by atoms with Gasteiger partial charge in [-0.2, -0.15) is 5.32 Å². The van der Waals surface area contributed by atoms with Crippen LogP contribution in [0.25, 0.3) is 0 Å². The predicted molar refractivity (Wildman–Crippen MR) is 48.9 cm³/mol. The molecule has 0 atom stereocenters. The molecule has 1 heterocycles. The van der Waals surface area contributed by atoms with Crippen LogP contribution in [0, 0.1) is 10.1 Å². The Labute approximate surface area is 88.0 Å². The van der Waals surface area contributed by atoms with Gasteiger partial charge in [0.15, 0.2) is 0 Å². The van der Waals surface area contributed by atoms with Crippen LogP contribution in [0.1, 0.15) is 20.7 Å². The molecule has 2 rings (SSSR count). The van der Waals surface area contributed by atoms with E-state index in [4.69, 9.17) is 11.6 Å². The van der Waals surface area contributed by atoms with Gasteiger partial charge in [-0.05, 0) is 6.07 Å². The molecule has 0 N–H and O–H groups in total. The van der Waals surface area contributed by atoms with Crippen LogP contribution in [-0.4, -0.2) is 16.7 Å². The van der Waals surface area contributed by atoms with Gasteiger partial charge in [0.1, 0.15) is 5.02 Å². The summed E-state index contributed by atoms with van der Waals surface area (Å²) < 4.78 is 0. The second kappa shape index (κ2) is 3.03. The Kier molecular flexibility index (Phi) is 1.94. The van der Waals surface area contributed by atoms with Crippen LogP contribution in [0.15, 0.2) is 12.1 Å². The summed E-state index contributed by atoms with van der Waals surface area (Å²) in [5, 5.41) is 13.5. The fourth-order valence-corrected chi connectivity index (χ4v) is 1.50. The Morgan fingerprint density at radius 2 is 1.73 bits per heavy atom. The average molecular weight is 226 g/mol. The third-order valence-corrected chi connectivity index (χ3v) is 2.25. The van der Waals surface area contributed by atoms with Crippen LogP contribution in [0.5, 0.6) is 0 Å². The van der Waals surface area contributed by atoms with Gasteiger partial charge in [-0.25, -0.2) is 0 Å². The van der Waals surface area contributed by atoms with Gasteiger partial charge in [-0.15, -0.1) is 0 Å². The quantitative estimate of drug-likeness (QED) is 0.407. The summed E-state index contributed by atoms with van der Waals surface area (Å²) in [6.07, 6.45) is 0. The molecule has 1 aliphatic heterocycles. The SMILES string of the molecule is O=C1[N]C(=O)c2cc([N+](=O)[O-])c(Cl)cc21. The van der Waals surface area contributed by atoms with Crippen molar-refractivity contribution < 1.29 is 14.5 Å². The summed E-state index contributed by atoms with van der Waals surface area (Å²) in [6.45, 7) is 0. The normalized spacial score (nSPS) is 13.7. The molecule has 0 unspecified atom stereocenters. The topological polar surface area (TPSA) is 91.4 Å². The van der Waals surface area contributed by atoms with Crippen LogP contribution in [-0.2, 0) is 0 Å². The van der Waals surface area contributed by atoms with Crippen molar-refractivity contribution in [3.05, 3.63) is 38.4 Å². The van der Waals surface area contributed by atoms with Crippen molar-refractivity contribution in [2.75, 3.05) is 0 Å². The van der Waals surface area contributed by atoms with E-state index in [0.717, 1.165) is 12.1 Å². The molecule has 0 aromatic heterocycles. The monoisotopic (exact) mass is 225 g/mol. The molecule has 75 valence electrons. The molecule has 0 aliphatic carbocycles. The van der Waals surface area contributed by atoms with E-state index >= 15 is 0 Å². The molecule has 2 amide bonds. The lowest BCUT2D eigenvalue weighted by molar-refractivity contribution is -0.384. The summed E-state index contributed by atoms with van der Waals surface area (Å²) in [5.41, 5.74) is -0.472. The lowest BCUT2D eigenvalue weighted by atomic mass is 10.1. The minimum atomic E-state index is -0.769. The highest BCUT2D eigenvalue weighted by atomic mass is 35.5. The first-order valence-electron chi connectivity index (χ1n) is 3.79. The summed E-state index contributed by atoms with van der Waals surface area (Å²) in [4.78, 5) is 32.0. The number of amides is 2. The maximum absolute atomic E-state index is 11.1. The van der Waals surface area contributed by atoms with Crippen molar-refractivity contribution in [1.29, 1.82) is 0 Å². The van der Waals surface area contributed by atoms with E-state index in [2.05, 4.69) is 5.32 Å². The largest absolute Gasteiger partial charge is 0.288 e. The van der Waals surface area contributed by atoms with Crippen LogP contribution in [0.4, 0.5) is 5.69 Å². The Morgan fingerprint density at radius 1 is 1.20 bits per heavy atom. The number of rotatable bonds is 1. The third kappa shape index (κ3) is 1.35. The van der Waals surface area contributed by atoms with Gasteiger partial charge in [0.25, 0.3) is 17.5 Å². The van der Waals surface area contributed by atoms with Gasteiger partial charge < -0.3 is 0 Å². The number of hydrogen-bond acceptors (Lipinski definition) is 4. The number of nitro benzene ring substituents is 1. The van der Waals surface area contributed by atoms with Crippen LogP contribution in [0.2, 0.25) is 5.02 Å².